The van der Waals surface area contributed by atoms with Crippen molar-refractivity contribution in [3.8, 4) is 5.75 Å². The van der Waals surface area contributed by atoms with Crippen LogP contribution in [-0.2, 0) is 16.1 Å². The number of hydrogen-bond donors (Lipinski definition) is 0. The van der Waals surface area contributed by atoms with Crippen molar-refractivity contribution in [1.29, 1.82) is 0 Å². The second-order valence-corrected chi connectivity index (χ2v) is 10.4. The first-order chi connectivity index (χ1) is 18.7. The highest BCUT2D eigenvalue weighted by molar-refractivity contribution is 6.32. The summed E-state index contributed by atoms with van der Waals surface area (Å²) in [5, 5.41) is 0.303. The first-order valence-electron chi connectivity index (χ1n) is 13.0. The van der Waals surface area contributed by atoms with Crippen molar-refractivity contribution in [3.63, 3.8) is 0 Å². The number of methoxy groups -OCH3 is 1. The average Bonchev–Trinajstić information content (AvgIpc) is 2.93. The maximum Gasteiger partial charge on any atom is 0.254 e. The van der Waals surface area contributed by atoms with Crippen LogP contribution in [0.4, 0.5) is 4.39 Å². The van der Waals surface area contributed by atoms with Gasteiger partial charge in [0.25, 0.3) is 5.91 Å². The van der Waals surface area contributed by atoms with Gasteiger partial charge in [-0.15, -0.1) is 0 Å². The van der Waals surface area contributed by atoms with Gasteiger partial charge < -0.3 is 19.4 Å². The standard InChI is InChI=1S/C29H34ClFN4O4/c1-20-18-32(19-22-4-7-24(31)8-5-22)10-15-35(20)28(37)9-6-23-16-27(39-3)26(30)17-25(23)29(38)34-13-11-33(12-14-34)21(2)36/h4-9,16-17,20H,10-15,18-19H2,1-3H3/b9-6+/t20-/m1/s1. The molecule has 2 aliphatic rings. The quantitative estimate of drug-likeness (QED) is 0.509. The topological polar surface area (TPSA) is 73.4 Å². The third kappa shape index (κ3) is 6.96. The molecule has 2 aliphatic heterocycles. The fraction of sp³-hybridized carbons (Fsp3) is 0.414. The maximum atomic E-state index is 13.4. The molecule has 2 aromatic carbocycles. The SMILES string of the molecule is COc1cc(/C=C/C(=O)N2CCN(Cc3ccc(F)cc3)C[C@H]2C)c(C(=O)N2CCN(C(C)=O)CC2)cc1Cl. The van der Waals surface area contributed by atoms with Crippen LogP contribution in [0.15, 0.2) is 42.5 Å². The molecule has 2 heterocycles. The number of rotatable bonds is 6. The van der Waals surface area contributed by atoms with Crippen molar-refractivity contribution in [2.75, 3.05) is 52.9 Å². The van der Waals surface area contributed by atoms with Crippen LogP contribution in [0, 0.1) is 5.82 Å². The highest BCUT2D eigenvalue weighted by Crippen LogP contribution is 2.30. The van der Waals surface area contributed by atoms with Gasteiger partial charge in [0.2, 0.25) is 11.8 Å². The molecule has 2 fully saturated rings. The lowest BCUT2D eigenvalue weighted by molar-refractivity contribution is -0.131. The molecule has 0 radical (unpaired) electrons. The molecule has 4 rings (SSSR count). The molecular weight excluding hydrogens is 523 g/mol. The number of piperazine rings is 2. The predicted octanol–water partition coefficient (Wildman–Crippen LogP) is 3.54. The van der Waals surface area contributed by atoms with Gasteiger partial charge in [-0.25, -0.2) is 4.39 Å². The van der Waals surface area contributed by atoms with Crippen LogP contribution in [0.5, 0.6) is 5.75 Å². The molecule has 10 heteroatoms. The predicted molar refractivity (Wildman–Crippen MR) is 148 cm³/mol. The average molecular weight is 557 g/mol. The molecular formula is C29H34ClFN4O4. The first-order valence-corrected chi connectivity index (χ1v) is 13.4. The fourth-order valence-electron chi connectivity index (χ4n) is 5.05. The summed E-state index contributed by atoms with van der Waals surface area (Å²) in [6.45, 7) is 7.96. The van der Waals surface area contributed by atoms with Crippen molar-refractivity contribution in [3.05, 3.63) is 70.0 Å². The Bertz CT molecular complexity index is 1240. The van der Waals surface area contributed by atoms with E-state index in [9.17, 15) is 18.8 Å². The molecule has 8 nitrogen and oxygen atoms in total. The Kier molecular flexibility index (Phi) is 9.24. The van der Waals surface area contributed by atoms with Crippen LogP contribution in [0.3, 0.4) is 0 Å². The maximum absolute atomic E-state index is 13.4. The molecule has 39 heavy (non-hydrogen) atoms. The molecule has 0 unspecified atom stereocenters. The molecule has 0 bridgehead atoms. The smallest absolute Gasteiger partial charge is 0.254 e. The van der Waals surface area contributed by atoms with Gasteiger partial charge in [0, 0.05) is 77.0 Å². The number of amides is 3. The third-order valence-corrected chi connectivity index (χ3v) is 7.58. The van der Waals surface area contributed by atoms with Crippen LogP contribution >= 0.6 is 11.6 Å². The number of halogens is 2. The van der Waals surface area contributed by atoms with E-state index < -0.39 is 0 Å². The minimum absolute atomic E-state index is 0.0118. The molecule has 2 aromatic rings. The van der Waals surface area contributed by atoms with Crippen LogP contribution in [0.2, 0.25) is 5.02 Å². The lowest BCUT2D eigenvalue weighted by Crippen LogP contribution is -2.53. The van der Waals surface area contributed by atoms with Crippen molar-refractivity contribution in [1.82, 2.24) is 19.6 Å². The van der Waals surface area contributed by atoms with E-state index in [0.717, 1.165) is 5.56 Å². The molecule has 1 atom stereocenters. The van der Waals surface area contributed by atoms with E-state index >= 15 is 0 Å². The van der Waals surface area contributed by atoms with Crippen molar-refractivity contribution >= 4 is 35.4 Å². The van der Waals surface area contributed by atoms with Gasteiger partial charge >= 0.3 is 0 Å². The molecule has 0 spiro atoms. The summed E-state index contributed by atoms with van der Waals surface area (Å²) >= 11 is 6.36. The summed E-state index contributed by atoms with van der Waals surface area (Å²) in [5.74, 6) is -0.219. The molecule has 0 saturated carbocycles. The summed E-state index contributed by atoms with van der Waals surface area (Å²) in [7, 11) is 1.50. The summed E-state index contributed by atoms with van der Waals surface area (Å²) in [4.78, 5) is 45.7. The Hall–Kier alpha value is -3.43. The Morgan fingerprint density at radius 1 is 1.03 bits per heavy atom. The van der Waals surface area contributed by atoms with E-state index in [4.69, 9.17) is 16.3 Å². The minimum atomic E-state index is -0.256. The number of ether oxygens (including phenoxy) is 1. The zero-order valence-electron chi connectivity index (χ0n) is 22.5. The lowest BCUT2D eigenvalue weighted by Gasteiger charge is -2.39. The zero-order chi connectivity index (χ0) is 28.1. The van der Waals surface area contributed by atoms with Gasteiger partial charge in [0.1, 0.15) is 11.6 Å². The van der Waals surface area contributed by atoms with Gasteiger partial charge in [-0.05, 0) is 48.4 Å². The summed E-state index contributed by atoms with van der Waals surface area (Å²) in [6.07, 6.45) is 3.12. The highest BCUT2D eigenvalue weighted by atomic mass is 35.5. The van der Waals surface area contributed by atoms with Crippen LogP contribution in [0.25, 0.3) is 6.08 Å². The van der Waals surface area contributed by atoms with E-state index in [1.807, 2.05) is 11.8 Å². The number of hydrogen-bond acceptors (Lipinski definition) is 5. The van der Waals surface area contributed by atoms with E-state index in [0.29, 0.717) is 74.3 Å². The number of carbonyl (C=O) groups is 3. The molecule has 0 aromatic heterocycles. The summed E-state index contributed by atoms with van der Waals surface area (Å²) < 4.78 is 18.6. The third-order valence-electron chi connectivity index (χ3n) is 7.29. The lowest BCUT2D eigenvalue weighted by atomic mass is 10.0. The van der Waals surface area contributed by atoms with Crippen molar-refractivity contribution < 1.29 is 23.5 Å². The molecule has 0 N–H and O–H groups in total. The fourth-order valence-corrected chi connectivity index (χ4v) is 5.29. The second kappa shape index (κ2) is 12.6. The largest absolute Gasteiger partial charge is 0.495 e. The van der Waals surface area contributed by atoms with Crippen LogP contribution in [0.1, 0.15) is 35.3 Å². The van der Waals surface area contributed by atoms with Gasteiger partial charge in [0.05, 0.1) is 12.1 Å². The van der Waals surface area contributed by atoms with E-state index in [2.05, 4.69) is 4.90 Å². The Balaban J connectivity index is 1.45. The van der Waals surface area contributed by atoms with Crippen molar-refractivity contribution in [2.45, 2.75) is 26.4 Å². The Labute approximate surface area is 233 Å². The van der Waals surface area contributed by atoms with E-state index in [-0.39, 0.29) is 29.6 Å². The normalized spacial score (nSPS) is 18.5. The molecule has 2 saturated heterocycles. The number of benzene rings is 2. The summed E-state index contributed by atoms with van der Waals surface area (Å²) in [6, 6.07) is 9.69. The first kappa shape index (κ1) is 28.6. The van der Waals surface area contributed by atoms with Crippen LogP contribution in [-0.4, -0.2) is 96.3 Å². The van der Waals surface area contributed by atoms with E-state index in [1.165, 1.54) is 32.2 Å². The van der Waals surface area contributed by atoms with E-state index in [1.54, 1.807) is 40.1 Å². The molecule has 0 aliphatic carbocycles. The number of nitrogens with zero attached hydrogens (tertiary/aromatic N) is 4. The minimum Gasteiger partial charge on any atom is -0.495 e. The Morgan fingerprint density at radius 3 is 2.31 bits per heavy atom. The summed E-state index contributed by atoms with van der Waals surface area (Å²) in [5.41, 5.74) is 1.93. The van der Waals surface area contributed by atoms with Gasteiger partial charge in [-0.2, -0.15) is 0 Å². The highest BCUT2D eigenvalue weighted by Gasteiger charge is 2.28. The van der Waals surface area contributed by atoms with Gasteiger partial charge in [-0.3, -0.25) is 19.3 Å². The van der Waals surface area contributed by atoms with Gasteiger partial charge in [-0.1, -0.05) is 23.7 Å². The second-order valence-electron chi connectivity index (χ2n) is 9.95. The number of carbonyl (C=O) groups excluding carboxylic acids is 3. The zero-order valence-corrected chi connectivity index (χ0v) is 23.3. The Morgan fingerprint density at radius 2 is 1.69 bits per heavy atom. The van der Waals surface area contributed by atoms with Gasteiger partial charge in [0.15, 0.2) is 0 Å². The molecule has 3 amide bonds. The monoisotopic (exact) mass is 556 g/mol. The van der Waals surface area contributed by atoms with Crippen molar-refractivity contribution in [2.24, 2.45) is 0 Å². The van der Waals surface area contributed by atoms with Crippen LogP contribution < -0.4 is 4.74 Å². The molecule has 208 valence electrons.